The molecule has 0 amide bonds. The van der Waals surface area contributed by atoms with Crippen LogP contribution in [0.4, 0.5) is 0 Å². The maximum atomic E-state index is 12.3. The summed E-state index contributed by atoms with van der Waals surface area (Å²) < 4.78 is 5.78. The van der Waals surface area contributed by atoms with Gasteiger partial charge in [-0.1, -0.05) is 181 Å². The fourth-order valence-electron chi connectivity index (χ4n) is 6.00. The van der Waals surface area contributed by atoms with Crippen LogP contribution in [-0.2, 0) is 14.3 Å². The van der Waals surface area contributed by atoms with Crippen LogP contribution in [-0.4, -0.2) is 23.1 Å². The zero-order valence-electron chi connectivity index (χ0n) is 28.6. The summed E-state index contributed by atoms with van der Waals surface area (Å²) in [6.07, 6.45) is 40.7. The lowest BCUT2D eigenvalue weighted by Crippen LogP contribution is -2.17. The second-order valence-electron chi connectivity index (χ2n) is 13.1. The number of hydrogen-bond acceptors (Lipinski definition) is 3. The highest BCUT2D eigenvalue weighted by atomic mass is 16.5. The summed E-state index contributed by atoms with van der Waals surface area (Å²) in [5.41, 5.74) is 0. The molecule has 0 bridgehead atoms. The van der Waals surface area contributed by atoms with Crippen molar-refractivity contribution in [3.63, 3.8) is 0 Å². The highest BCUT2D eigenvalue weighted by Crippen LogP contribution is 2.17. The average Bonchev–Trinajstić information content (AvgIpc) is 2.98. The molecule has 0 aromatic heterocycles. The van der Waals surface area contributed by atoms with Crippen LogP contribution in [0.2, 0.25) is 0 Å². The minimum absolute atomic E-state index is 0.0229. The van der Waals surface area contributed by atoms with Crippen molar-refractivity contribution in [1.29, 1.82) is 0 Å². The smallest absolute Gasteiger partial charge is 0.306 e. The van der Waals surface area contributed by atoms with Crippen molar-refractivity contribution in [2.45, 2.75) is 232 Å². The summed E-state index contributed by atoms with van der Waals surface area (Å²) in [7, 11) is 0. The first kappa shape index (κ1) is 40.9. The normalized spacial score (nSPS) is 12.0. The maximum Gasteiger partial charge on any atom is 0.306 e. The van der Waals surface area contributed by atoms with Gasteiger partial charge in [-0.3, -0.25) is 9.59 Å². The van der Waals surface area contributed by atoms with E-state index in [1.54, 1.807) is 0 Å². The Morgan fingerprint density at radius 3 is 1.10 bits per heavy atom. The Labute approximate surface area is 262 Å². The van der Waals surface area contributed by atoms with Gasteiger partial charge in [-0.25, -0.2) is 0 Å². The average molecular weight is 595 g/mol. The van der Waals surface area contributed by atoms with E-state index in [4.69, 9.17) is 9.84 Å². The minimum Gasteiger partial charge on any atom is -0.481 e. The predicted octanol–water partition coefficient (Wildman–Crippen LogP) is 12.9. The summed E-state index contributed by atoms with van der Waals surface area (Å²) in [6, 6.07) is 0. The topological polar surface area (TPSA) is 63.6 Å². The molecule has 1 unspecified atom stereocenters. The van der Waals surface area contributed by atoms with Crippen molar-refractivity contribution >= 4 is 11.9 Å². The van der Waals surface area contributed by atoms with Gasteiger partial charge >= 0.3 is 11.9 Å². The lowest BCUT2D eigenvalue weighted by atomic mass is 10.0. The van der Waals surface area contributed by atoms with Crippen LogP contribution < -0.4 is 0 Å². The first-order valence-electron chi connectivity index (χ1n) is 19.0. The molecule has 0 rings (SSSR count). The number of hydrogen-bond donors (Lipinski definition) is 1. The Bertz CT molecular complexity index is 561. The maximum absolute atomic E-state index is 12.3. The van der Waals surface area contributed by atoms with Gasteiger partial charge in [0.1, 0.15) is 6.10 Å². The Morgan fingerprint density at radius 2 is 0.762 bits per heavy atom. The van der Waals surface area contributed by atoms with Crippen LogP contribution in [0.3, 0.4) is 0 Å². The van der Waals surface area contributed by atoms with Crippen molar-refractivity contribution in [3.8, 4) is 0 Å². The molecule has 42 heavy (non-hydrogen) atoms. The molecule has 0 radical (unpaired) electrons. The highest BCUT2D eigenvalue weighted by molar-refractivity contribution is 5.69. The van der Waals surface area contributed by atoms with Crippen LogP contribution in [0.25, 0.3) is 0 Å². The predicted molar refractivity (Wildman–Crippen MR) is 181 cm³/mol. The van der Waals surface area contributed by atoms with Crippen LogP contribution in [0, 0.1) is 0 Å². The Kier molecular flexibility index (Phi) is 33.6. The second kappa shape index (κ2) is 34.4. The number of unbranched alkanes of at least 4 members (excludes halogenated alkanes) is 27. The van der Waals surface area contributed by atoms with Crippen molar-refractivity contribution in [2.75, 3.05) is 0 Å². The Balaban J connectivity index is 3.39. The molecule has 0 spiro atoms. The molecule has 4 nitrogen and oxygen atoms in total. The van der Waals surface area contributed by atoms with Gasteiger partial charge in [0.25, 0.3) is 0 Å². The molecular weight excluding hydrogens is 520 g/mol. The van der Waals surface area contributed by atoms with Gasteiger partial charge in [0.2, 0.25) is 0 Å². The number of carboxylic acid groups (broad SMARTS) is 1. The third kappa shape index (κ3) is 33.4. The quantitative estimate of drug-likeness (QED) is 0.0585. The molecule has 0 aromatic carbocycles. The number of ether oxygens (including phenoxy) is 1. The monoisotopic (exact) mass is 595 g/mol. The van der Waals surface area contributed by atoms with E-state index in [0.29, 0.717) is 12.8 Å². The van der Waals surface area contributed by atoms with E-state index in [-0.39, 0.29) is 12.1 Å². The van der Waals surface area contributed by atoms with Crippen molar-refractivity contribution in [1.82, 2.24) is 0 Å². The molecule has 0 saturated carbocycles. The number of aliphatic carboxylic acids is 1. The summed E-state index contributed by atoms with van der Waals surface area (Å²) >= 11 is 0. The van der Waals surface area contributed by atoms with E-state index in [9.17, 15) is 9.59 Å². The molecule has 0 aliphatic rings. The molecule has 250 valence electrons. The van der Waals surface area contributed by atoms with E-state index in [2.05, 4.69) is 13.8 Å². The molecule has 4 heteroatoms. The molecule has 1 atom stereocenters. The largest absolute Gasteiger partial charge is 0.481 e. The standard InChI is InChI=1S/C38H74O4/c1-3-5-6-7-8-9-10-11-12-17-20-23-26-29-32-35-38(41)42-36(4-2)33-30-27-24-21-18-15-13-14-16-19-22-25-28-31-34-37(39)40/h36H,3-35H2,1-2H3,(H,39,40). The minimum atomic E-state index is -0.665. The van der Waals surface area contributed by atoms with Gasteiger partial charge in [0.15, 0.2) is 0 Å². The van der Waals surface area contributed by atoms with Crippen LogP contribution in [0.5, 0.6) is 0 Å². The lowest BCUT2D eigenvalue weighted by Gasteiger charge is -2.16. The Morgan fingerprint density at radius 1 is 0.452 bits per heavy atom. The van der Waals surface area contributed by atoms with E-state index in [1.807, 2.05) is 0 Å². The van der Waals surface area contributed by atoms with Crippen LogP contribution >= 0.6 is 0 Å². The fourth-order valence-corrected chi connectivity index (χ4v) is 6.00. The van der Waals surface area contributed by atoms with Crippen LogP contribution in [0.15, 0.2) is 0 Å². The third-order valence-corrected chi connectivity index (χ3v) is 8.90. The SMILES string of the molecule is CCCCCCCCCCCCCCCCCC(=O)OC(CC)CCCCCCCCCCCCCCCCC(=O)O. The number of carbonyl (C=O) groups excluding carboxylic acids is 1. The summed E-state index contributed by atoms with van der Waals surface area (Å²) in [6.45, 7) is 4.43. The molecular formula is C38H74O4. The van der Waals surface area contributed by atoms with Gasteiger partial charge in [-0.05, 0) is 32.1 Å². The molecule has 0 aliphatic carbocycles. The van der Waals surface area contributed by atoms with Crippen molar-refractivity contribution in [2.24, 2.45) is 0 Å². The fraction of sp³-hybridized carbons (Fsp3) is 0.947. The lowest BCUT2D eigenvalue weighted by molar-refractivity contribution is -0.149. The number of carboxylic acids is 1. The zero-order chi connectivity index (χ0) is 30.8. The number of esters is 1. The molecule has 0 aromatic rings. The van der Waals surface area contributed by atoms with E-state index >= 15 is 0 Å². The first-order chi connectivity index (χ1) is 20.6. The summed E-state index contributed by atoms with van der Waals surface area (Å²) in [5.74, 6) is -0.642. The molecule has 0 heterocycles. The van der Waals surface area contributed by atoms with E-state index in [1.165, 1.54) is 167 Å². The van der Waals surface area contributed by atoms with Gasteiger partial charge < -0.3 is 9.84 Å². The summed E-state index contributed by atoms with van der Waals surface area (Å²) in [4.78, 5) is 22.8. The number of rotatable bonds is 35. The van der Waals surface area contributed by atoms with Crippen molar-refractivity contribution in [3.05, 3.63) is 0 Å². The van der Waals surface area contributed by atoms with Crippen LogP contribution in [0.1, 0.15) is 226 Å². The van der Waals surface area contributed by atoms with Gasteiger partial charge in [-0.2, -0.15) is 0 Å². The second-order valence-corrected chi connectivity index (χ2v) is 13.1. The van der Waals surface area contributed by atoms with Crippen molar-refractivity contribution < 1.29 is 19.4 Å². The molecule has 0 saturated heterocycles. The van der Waals surface area contributed by atoms with E-state index in [0.717, 1.165) is 32.1 Å². The molecule has 0 fully saturated rings. The van der Waals surface area contributed by atoms with Gasteiger partial charge in [-0.15, -0.1) is 0 Å². The zero-order valence-corrected chi connectivity index (χ0v) is 28.6. The number of carbonyl (C=O) groups is 2. The first-order valence-corrected chi connectivity index (χ1v) is 19.0. The third-order valence-electron chi connectivity index (χ3n) is 8.90. The van der Waals surface area contributed by atoms with E-state index < -0.39 is 5.97 Å². The molecule has 1 N–H and O–H groups in total. The highest BCUT2D eigenvalue weighted by Gasteiger charge is 2.12. The van der Waals surface area contributed by atoms with Gasteiger partial charge in [0, 0.05) is 12.8 Å². The summed E-state index contributed by atoms with van der Waals surface area (Å²) in [5, 5.41) is 8.65. The Hall–Kier alpha value is -1.06. The molecule has 0 aliphatic heterocycles. The van der Waals surface area contributed by atoms with Gasteiger partial charge in [0.05, 0.1) is 0 Å².